The molecule has 2 heteroatoms. The second-order valence-corrected chi connectivity index (χ2v) is 9.66. The Morgan fingerprint density at radius 1 is 0.926 bits per heavy atom. The summed E-state index contributed by atoms with van der Waals surface area (Å²) in [6, 6.07) is 8.08. The van der Waals surface area contributed by atoms with Gasteiger partial charge in [-0.3, -0.25) is 0 Å². The monoisotopic (exact) mass is 367 g/mol. The van der Waals surface area contributed by atoms with Crippen molar-refractivity contribution in [3.63, 3.8) is 0 Å². The molecule has 0 N–H and O–H groups in total. The average molecular weight is 368 g/mol. The van der Waals surface area contributed by atoms with Gasteiger partial charge in [0.15, 0.2) is 0 Å². The third kappa shape index (κ3) is 4.31. The fourth-order valence-corrected chi connectivity index (χ4v) is 5.34. The van der Waals surface area contributed by atoms with Crippen LogP contribution in [0.4, 0.5) is 5.69 Å². The van der Waals surface area contributed by atoms with Gasteiger partial charge in [0, 0.05) is 6.07 Å². The summed E-state index contributed by atoms with van der Waals surface area (Å²) in [6.45, 7) is 9.17. The van der Waals surface area contributed by atoms with E-state index in [-0.39, 0.29) is 10.8 Å². The molecule has 0 aromatic heterocycles. The third-order valence-corrected chi connectivity index (χ3v) is 6.45. The molecule has 0 saturated carbocycles. The fraction of sp³-hybridized carbons (Fsp3) is 0.640. The first-order chi connectivity index (χ1) is 12.9. The van der Waals surface area contributed by atoms with Crippen LogP contribution in [0.15, 0.2) is 30.3 Å². The summed E-state index contributed by atoms with van der Waals surface area (Å²) >= 11 is 0. The van der Waals surface area contributed by atoms with Crippen LogP contribution in [0.5, 0.6) is 0 Å². The normalized spacial score (nSPS) is 23.2. The summed E-state index contributed by atoms with van der Waals surface area (Å²) in [5, 5.41) is 12.9. The van der Waals surface area contributed by atoms with Gasteiger partial charge < -0.3 is 5.21 Å². The van der Waals surface area contributed by atoms with Crippen LogP contribution < -0.4 is 0 Å². The lowest BCUT2D eigenvalue weighted by atomic mass is 9.62. The Morgan fingerprint density at radius 2 is 1.56 bits per heavy atom. The molecule has 0 saturated heterocycles. The van der Waals surface area contributed by atoms with Crippen LogP contribution in [0.3, 0.4) is 0 Å². The van der Waals surface area contributed by atoms with E-state index in [0.29, 0.717) is 0 Å². The highest BCUT2D eigenvalue weighted by Gasteiger charge is 2.49. The Morgan fingerprint density at radius 3 is 2.26 bits per heavy atom. The van der Waals surface area contributed by atoms with E-state index < -0.39 is 0 Å². The molecule has 1 atom stereocenters. The Kier molecular flexibility index (Phi) is 6.13. The molecule has 1 unspecified atom stereocenters. The number of benzene rings is 1. The first kappa shape index (κ1) is 20.2. The second kappa shape index (κ2) is 8.20. The van der Waals surface area contributed by atoms with Crippen molar-refractivity contribution in [1.29, 1.82) is 0 Å². The van der Waals surface area contributed by atoms with Crippen molar-refractivity contribution in [3.05, 3.63) is 41.1 Å². The molecule has 148 valence electrons. The number of hydrogen-bond acceptors (Lipinski definition) is 1. The average Bonchev–Trinajstić information content (AvgIpc) is 2.90. The predicted octanol–water partition coefficient (Wildman–Crippen LogP) is 7.63. The minimum Gasteiger partial charge on any atom is -0.618 e. The Labute approximate surface area is 166 Å². The van der Waals surface area contributed by atoms with Gasteiger partial charge in [-0.05, 0) is 38.2 Å². The van der Waals surface area contributed by atoms with Crippen molar-refractivity contribution in [3.8, 4) is 0 Å². The number of nitrogens with zero attached hydrogens (tertiary/aromatic N) is 1. The molecule has 1 heterocycles. The lowest BCUT2D eigenvalue weighted by Crippen LogP contribution is -2.38. The topological polar surface area (TPSA) is 26.1 Å². The molecule has 1 aliphatic carbocycles. The molecule has 0 radical (unpaired) electrons. The summed E-state index contributed by atoms with van der Waals surface area (Å²) in [4.78, 5) is 0. The summed E-state index contributed by atoms with van der Waals surface area (Å²) in [5.74, 6) is 0. The number of allylic oxidation sites excluding steroid dienone is 2. The highest BCUT2D eigenvalue weighted by atomic mass is 16.5. The van der Waals surface area contributed by atoms with Crippen molar-refractivity contribution in [2.75, 3.05) is 0 Å². The van der Waals surface area contributed by atoms with E-state index in [4.69, 9.17) is 0 Å². The van der Waals surface area contributed by atoms with Gasteiger partial charge in [-0.1, -0.05) is 83.4 Å². The SMILES string of the molecule is CCCCCCCCCCC1(C)C=C2C(=[N+]([O-])c3ccccc32)C(C)(C)C1. The first-order valence-electron chi connectivity index (χ1n) is 11.1. The summed E-state index contributed by atoms with van der Waals surface area (Å²) < 4.78 is 1.19. The summed E-state index contributed by atoms with van der Waals surface area (Å²) in [5.41, 5.74) is 4.21. The number of para-hydroxylation sites is 1. The van der Waals surface area contributed by atoms with E-state index in [9.17, 15) is 5.21 Å². The molecule has 0 bridgehead atoms. The van der Waals surface area contributed by atoms with Crippen LogP contribution in [0, 0.1) is 16.0 Å². The highest BCUT2D eigenvalue weighted by molar-refractivity contribution is 6.27. The van der Waals surface area contributed by atoms with E-state index in [1.165, 1.54) is 68.1 Å². The molecule has 0 fully saturated rings. The smallest absolute Gasteiger partial charge is 0.224 e. The number of hydrogen-bond donors (Lipinski definition) is 0. The summed E-state index contributed by atoms with van der Waals surface area (Å²) in [7, 11) is 0. The zero-order chi connectivity index (χ0) is 19.5. The van der Waals surface area contributed by atoms with Gasteiger partial charge in [-0.2, -0.15) is 4.74 Å². The highest BCUT2D eigenvalue weighted by Crippen LogP contribution is 2.52. The molecule has 1 aliphatic heterocycles. The lowest BCUT2D eigenvalue weighted by molar-refractivity contribution is -0.361. The Balaban J connectivity index is 1.66. The quantitative estimate of drug-likeness (QED) is 0.250. The molecular weight excluding hydrogens is 330 g/mol. The molecule has 0 spiro atoms. The standard InChI is InChI=1S/C25H37NO/c1-5-6-7-8-9-10-11-14-17-25(4)18-21-20-15-12-13-16-22(20)26(27)23(21)24(2,3)19-25/h12-13,15-16,18H,5-11,14,17,19H2,1-4H3. The van der Waals surface area contributed by atoms with Crippen LogP contribution in [-0.2, 0) is 0 Å². The van der Waals surface area contributed by atoms with Crippen molar-refractivity contribution in [2.45, 2.75) is 91.9 Å². The van der Waals surface area contributed by atoms with Crippen LogP contribution in [0.25, 0.3) is 5.57 Å². The molecule has 2 nitrogen and oxygen atoms in total. The maximum atomic E-state index is 12.9. The van der Waals surface area contributed by atoms with E-state index in [0.717, 1.165) is 23.4 Å². The van der Waals surface area contributed by atoms with Crippen LogP contribution in [0.1, 0.15) is 97.5 Å². The molecule has 2 aliphatic rings. The van der Waals surface area contributed by atoms with Gasteiger partial charge in [-0.15, -0.1) is 0 Å². The van der Waals surface area contributed by atoms with Crippen LogP contribution in [0.2, 0.25) is 0 Å². The predicted molar refractivity (Wildman–Crippen MR) is 116 cm³/mol. The molecule has 1 aromatic rings. The van der Waals surface area contributed by atoms with Crippen molar-refractivity contribution in [1.82, 2.24) is 0 Å². The van der Waals surface area contributed by atoms with Crippen LogP contribution in [-0.4, -0.2) is 10.5 Å². The van der Waals surface area contributed by atoms with Crippen LogP contribution >= 0.6 is 0 Å². The summed E-state index contributed by atoms with van der Waals surface area (Å²) in [6.07, 6.45) is 15.6. The number of unbranched alkanes of at least 4 members (excludes halogenated alkanes) is 7. The van der Waals surface area contributed by atoms with Gasteiger partial charge in [0.05, 0.1) is 16.6 Å². The van der Waals surface area contributed by atoms with Crippen molar-refractivity contribution < 1.29 is 4.74 Å². The molecule has 1 aromatic carbocycles. The van der Waals surface area contributed by atoms with Gasteiger partial charge >= 0.3 is 0 Å². The minimum absolute atomic E-state index is 0.0836. The van der Waals surface area contributed by atoms with E-state index >= 15 is 0 Å². The van der Waals surface area contributed by atoms with E-state index in [1.807, 2.05) is 18.2 Å². The largest absolute Gasteiger partial charge is 0.618 e. The van der Waals surface area contributed by atoms with Crippen molar-refractivity contribution >= 4 is 17.0 Å². The second-order valence-electron chi connectivity index (χ2n) is 9.66. The zero-order valence-electron chi connectivity index (χ0n) is 17.8. The van der Waals surface area contributed by atoms with E-state index in [1.54, 1.807) is 0 Å². The number of rotatable bonds is 9. The van der Waals surface area contributed by atoms with Gasteiger partial charge in [0.2, 0.25) is 11.4 Å². The maximum Gasteiger partial charge on any atom is 0.224 e. The van der Waals surface area contributed by atoms with Crippen molar-refractivity contribution in [2.24, 2.45) is 10.8 Å². The fourth-order valence-electron chi connectivity index (χ4n) is 5.34. The molecule has 27 heavy (non-hydrogen) atoms. The number of fused-ring (bicyclic) bond motifs is 3. The Hall–Kier alpha value is -1.57. The molecule has 0 amide bonds. The molecular formula is C25H37NO. The lowest BCUT2D eigenvalue weighted by Gasteiger charge is -2.39. The van der Waals surface area contributed by atoms with Gasteiger partial charge in [0.1, 0.15) is 0 Å². The van der Waals surface area contributed by atoms with Gasteiger partial charge in [0.25, 0.3) is 0 Å². The first-order valence-corrected chi connectivity index (χ1v) is 11.1. The Bertz CT molecular complexity index is 728. The van der Waals surface area contributed by atoms with Gasteiger partial charge in [-0.25, -0.2) is 0 Å². The third-order valence-electron chi connectivity index (χ3n) is 6.45. The molecule has 3 rings (SSSR count). The zero-order valence-corrected chi connectivity index (χ0v) is 17.8. The minimum atomic E-state index is -0.0836. The van der Waals surface area contributed by atoms with E-state index in [2.05, 4.69) is 39.8 Å². The maximum absolute atomic E-state index is 12.9.